The number of likely N-dealkylation sites (N-methyl/N-ethyl adjacent to an activating group) is 1. The summed E-state index contributed by atoms with van der Waals surface area (Å²) in [7, 11) is 1.34. The van der Waals surface area contributed by atoms with Crippen molar-refractivity contribution in [2.45, 2.75) is 6.92 Å². The number of nitrogens with one attached hydrogen (secondary N) is 3. The van der Waals surface area contributed by atoms with Gasteiger partial charge in [-0.3, -0.25) is 14.4 Å². The molecule has 0 unspecified atom stereocenters. The van der Waals surface area contributed by atoms with E-state index in [9.17, 15) is 14.4 Å². The molecule has 0 aliphatic heterocycles. The smallest absolute Gasteiger partial charge is 0.329 e. The van der Waals surface area contributed by atoms with E-state index in [0.717, 1.165) is 10.0 Å². The molecule has 2 rings (SSSR count). The molecule has 0 fully saturated rings. The van der Waals surface area contributed by atoms with Crippen LogP contribution in [0.2, 0.25) is 0 Å². The number of halogens is 1. The lowest BCUT2D eigenvalue weighted by atomic mass is 10.2. The van der Waals surface area contributed by atoms with Crippen molar-refractivity contribution in [2.24, 2.45) is 5.10 Å². The average molecular weight is 447 g/mol. The predicted molar refractivity (Wildman–Crippen MR) is 109 cm³/mol. The van der Waals surface area contributed by atoms with Crippen molar-refractivity contribution < 1.29 is 19.1 Å². The number of aryl methyl sites for hydroxylation is 1. The number of hydrogen-bond acceptors (Lipinski definition) is 5. The number of ether oxygens (including phenoxy) is 1. The molecule has 3 N–H and O–H groups in total. The van der Waals surface area contributed by atoms with Crippen molar-refractivity contribution in [3.05, 3.63) is 58.1 Å². The third-order valence-electron chi connectivity index (χ3n) is 3.44. The third kappa shape index (κ3) is 6.51. The molecule has 0 atom stereocenters. The maximum Gasteiger partial charge on any atom is 0.329 e. The van der Waals surface area contributed by atoms with E-state index in [0.29, 0.717) is 17.0 Å². The summed E-state index contributed by atoms with van der Waals surface area (Å²) in [4.78, 5) is 34.7. The van der Waals surface area contributed by atoms with Crippen molar-refractivity contribution in [2.75, 3.05) is 19.0 Å². The molecule has 3 amide bonds. The second kappa shape index (κ2) is 10.2. The van der Waals surface area contributed by atoms with Gasteiger partial charge < -0.3 is 15.4 Å². The van der Waals surface area contributed by atoms with Gasteiger partial charge in [-0.2, -0.15) is 5.10 Å². The topological polar surface area (TPSA) is 109 Å². The first-order valence-corrected chi connectivity index (χ1v) is 9.02. The summed E-state index contributed by atoms with van der Waals surface area (Å²) in [5.74, 6) is -1.63. The first-order valence-electron chi connectivity index (χ1n) is 8.23. The van der Waals surface area contributed by atoms with Gasteiger partial charge in [0.2, 0.25) is 0 Å². The molecule has 28 heavy (non-hydrogen) atoms. The SMILES string of the molecule is CNC(=O)C(=O)N/N=C\c1cc(Br)ccc1OCC(=O)Nc1cccc(C)c1. The second-order valence-electron chi connectivity index (χ2n) is 5.67. The van der Waals surface area contributed by atoms with E-state index >= 15 is 0 Å². The van der Waals surface area contributed by atoms with Crippen molar-refractivity contribution in [1.82, 2.24) is 10.7 Å². The van der Waals surface area contributed by atoms with Gasteiger partial charge in [0.05, 0.1) is 6.21 Å². The molecule has 9 heteroatoms. The number of nitrogens with zero attached hydrogens (tertiary/aromatic N) is 1. The predicted octanol–water partition coefficient (Wildman–Crippen LogP) is 1.97. The highest BCUT2D eigenvalue weighted by molar-refractivity contribution is 9.10. The first-order chi connectivity index (χ1) is 13.4. The number of rotatable bonds is 6. The number of hydrazone groups is 1. The number of amides is 3. The molecule has 0 bridgehead atoms. The highest BCUT2D eigenvalue weighted by Crippen LogP contribution is 2.22. The highest BCUT2D eigenvalue weighted by atomic mass is 79.9. The fraction of sp³-hybridized carbons (Fsp3) is 0.158. The van der Waals surface area contributed by atoms with Crippen LogP contribution in [0.15, 0.2) is 52.0 Å². The zero-order chi connectivity index (χ0) is 20.5. The van der Waals surface area contributed by atoms with Gasteiger partial charge in [-0.05, 0) is 42.8 Å². The zero-order valence-corrected chi connectivity index (χ0v) is 16.9. The molecular weight excluding hydrogens is 428 g/mol. The Morgan fingerprint density at radius 1 is 1.14 bits per heavy atom. The van der Waals surface area contributed by atoms with Gasteiger partial charge in [0.25, 0.3) is 5.91 Å². The van der Waals surface area contributed by atoms with Crippen LogP contribution in [0.25, 0.3) is 0 Å². The number of anilines is 1. The molecule has 0 aliphatic rings. The van der Waals surface area contributed by atoms with Gasteiger partial charge >= 0.3 is 11.8 Å². The molecule has 0 spiro atoms. The molecule has 0 aromatic heterocycles. The lowest BCUT2D eigenvalue weighted by Gasteiger charge is -2.10. The Morgan fingerprint density at radius 3 is 2.64 bits per heavy atom. The van der Waals surface area contributed by atoms with Gasteiger partial charge in [-0.15, -0.1) is 0 Å². The van der Waals surface area contributed by atoms with Gasteiger partial charge in [0.15, 0.2) is 6.61 Å². The lowest BCUT2D eigenvalue weighted by Crippen LogP contribution is -2.35. The molecule has 2 aromatic carbocycles. The summed E-state index contributed by atoms with van der Waals surface area (Å²) >= 11 is 3.33. The van der Waals surface area contributed by atoms with E-state index < -0.39 is 11.8 Å². The monoisotopic (exact) mass is 446 g/mol. The van der Waals surface area contributed by atoms with E-state index in [-0.39, 0.29) is 12.5 Å². The molecule has 8 nitrogen and oxygen atoms in total. The molecule has 0 heterocycles. The van der Waals surface area contributed by atoms with Crippen molar-refractivity contribution in [3.8, 4) is 5.75 Å². The molecule has 0 aliphatic carbocycles. The van der Waals surface area contributed by atoms with Crippen LogP contribution in [-0.4, -0.2) is 37.6 Å². The van der Waals surface area contributed by atoms with Crippen molar-refractivity contribution in [1.29, 1.82) is 0 Å². The summed E-state index contributed by atoms with van der Waals surface area (Å²) in [6.07, 6.45) is 1.32. The van der Waals surface area contributed by atoms with Crippen LogP contribution in [-0.2, 0) is 14.4 Å². The summed E-state index contributed by atoms with van der Waals surface area (Å²) in [5, 5.41) is 8.67. The van der Waals surface area contributed by atoms with Crippen LogP contribution in [0.5, 0.6) is 5.75 Å². The Bertz CT molecular complexity index is 915. The highest BCUT2D eigenvalue weighted by Gasteiger charge is 2.10. The lowest BCUT2D eigenvalue weighted by molar-refractivity contribution is -0.138. The normalized spacial score (nSPS) is 10.4. The van der Waals surface area contributed by atoms with Crippen molar-refractivity contribution in [3.63, 3.8) is 0 Å². The number of benzene rings is 2. The van der Waals surface area contributed by atoms with E-state index in [4.69, 9.17) is 4.74 Å². The molecular formula is C19H19BrN4O4. The van der Waals surface area contributed by atoms with E-state index in [1.165, 1.54) is 13.3 Å². The van der Waals surface area contributed by atoms with Gasteiger partial charge in [-0.25, -0.2) is 5.43 Å². The van der Waals surface area contributed by atoms with Crippen molar-refractivity contribution >= 4 is 45.6 Å². The van der Waals surface area contributed by atoms with Gasteiger partial charge in [0, 0.05) is 22.8 Å². The molecule has 146 valence electrons. The van der Waals surface area contributed by atoms with Crippen LogP contribution in [0, 0.1) is 6.92 Å². The standard InChI is InChI=1S/C19H19BrN4O4/c1-12-4-3-5-15(8-12)23-17(25)11-28-16-7-6-14(20)9-13(16)10-22-24-19(27)18(26)21-2/h3-10H,11H2,1-2H3,(H,21,26)(H,23,25)(H,24,27)/b22-10-. The fourth-order valence-corrected chi connectivity index (χ4v) is 2.52. The minimum absolute atomic E-state index is 0.207. The summed E-state index contributed by atoms with van der Waals surface area (Å²) < 4.78 is 6.32. The summed E-state index contributed by atoms with van der Waals surface area (Å²) in [6, 6.07) is 12.5. The first kappa shape index (κ1) is 21.1. The fourth-order valence-electron chi connectivity index (χ4n) is 2.14. The molecule has 2 aromatic rings. The van der Waals surface area contributed by atoms with Crippen LogP contribution in [0.1, 0.15) is 11.1 Å². The quantitative estimate of drug-likeness (QED) is 0.358. The van der Waals surface area contributed by atoms with E-state index in [1.807, 2.05) is 25.1 Å². The van der Waals surface area contributed by atoms with E-state index in [2.05, 4.69) is 37.1 Å². The number of carbonyl (C=O) groups is 3. The van der Waals surface area contributed by atoms with Crippen LogP contribution < -0.4 is 20.8 Å². The maximum atomic E-state index is 12.1. The second-order valence-corrected chi connectivity index (χ2v) is 6.58. The summed E-state index contributed by atoms with van der Waals surface area (Å²) in [5.41, 5.74) is 4.32. The van der Waals surface area contributed by atoms with Crippen LogP contribution >= 0.6 is 15.9 Å². The van der Waals surface area contributed by atoms with Crippen LogP contribution in [0.4, 0.5) is 5.69 Å². The molecule has 0 saturated carbocycles. The van der Waals surface area contributed by atoms with Gasteiger partial charge in [-0.1, -0.05) is 28.1 Å². The Hall–Kier alpha value is -3.20. The zero-order valence-electron chi connectivity index (χ0n) is 15.3. The largest absolute Gasteiger partial charge is 0.483 e. The van der Waals surface area contributed by atoms with E-state index in [1.54, 1.807) is 24.3 Å². The Labute approximate surface area is 170 Å². The van der Waals surface area contributed by atoms with Crippen LogP contribution in [0.3, 0.4) is 0 Å². The number of carbonyl (C=O) groups excluding carboxylic acids is 3. The number of hydrogen-bond donors (Lipinski definition) is 3. The minimum Gasteiger partial charge on any atom is -0.483 e. The van der Waals surface area contributed by atoms with Gasteiger partial charge in [0.1, 0.15) is 5.75 Å². The Kier molecular flexibility index (Phi) is 7.70. The Morgan fingerprint density at radius 2 is 1.93 bits per heavy atom. The minimum atomic E-state index is -0.895. The summed E-state index contributed by atoms with van der Waals surface area (Å²) in [6.45, 7) is 1.73. The molecule has 0 radical (unpaired) electrons. The molecule has 0 saturated heterocycles. The maximum absolute atomic E-state index is 12.1. The third-order valence-corrected chi connectivity index (χ3v) is 3.93. The Balaban J connectivity index is 2.00. The average Bonchev–Trinajstić information content (AvgIpc) is 2.66.